The summed E-state index contributed by atoms with van der Waals surface area (Å²) >= 11 is 0. The molecule has 0 atom stereocenters. The molecule has 0 bridgehead atoms. The minimum Gasteiger partial charge on any atom is -0.395 e. The van der Waals surface area contributed by atoms with Gasteiger partial charge < -0.3 is 10.4 Å². The molecule has 0 spiro atoms. The molecular weight excluding hydrogens is 174 g/mol. The molecule has 1 aromatic heterocycles. The van der Waals surface area contributed by atoms with Gasteiger partial charge in [-0.2, -0.15) is 0 Å². The van der Waals surface area contributed by atoms with Gasteiger partial charge in [-0.25, -0.2) is 0 Å². The highest BCUT2D eigenvalue weighted by atomic mass is 16.6. The van der Waals surface area contributed by atoms with Gasteiger partial charge in [0.15, 0.2) is 0 Å². The predicted octanol–water partition coefficient (Wildman–Crippen LogP) is 0.394. The van der Waals surface area contributed by atoms with Gasteiger partial charge in [0.2, 0.25) is 0 Å². The largest absolute Gasteiger partial charge is 0.395 e. The van der Waals surface area contributed by atoms with Crippen LogP contribution in [0.15, 0.2) is 18.5 Å². The van der Waals surface area contributed by atoms with Gasteiger partial charge in [0, 0.05) is 12.7 Å². The maximum atomic E-state index is 10.4. The van der Waals surface area contributed by atoms with E-state index in [0.717, 1.165) is 0 Å². The number of aliphatic hydroxyl groups excluding tert-OH is 1. The summed E-state index contributed by atoms with van der Waals surface area (Å²) in [6, 6.07) is 1.49. The third-order valence-corrected chi connectivity index (χ3v) is 1.42. The van der Waals surface area contributed by atoms with E-state index in [2.05, 4.69) is 10.3 Å². The molecule has 6 heteroatoms. The maximum absolute atomic E-state index is 10.4. The topological polar surface area (TPSA) is 88.3 Å². The van der Waals surface area contributed by atoms with Gasteiger partial charge in [-0.3, -0.25) is 15.1 Å². The number of hydrogen-bond acceptors (Lipinski definition) is 5. The van der Waals surface area contributed by atoms with Crippen LogP contribution in [0.25, 0.3) is 0 Å². The standard InChI is InChI=1S/C7H9N3O3/c11-4-3-9-6-1-2-8-5-7(6)10(12)13/h1-2,5,11H,3-4H2,(H,8,9). The number of aromatic nitrogens is 1. The molecule has 2 N–H and O–H groups in total. The molecular formula is C7H9N3O3. The monoisotopic (exact) mass is 183 g/mol. The van der Waals surface area contributed by atoms with Crippen molar-refractivity contribution in [2.24, 2.45) is 0 Å². The first-order valence-corrected chi connectivity index (χ1v) is 3.69. The molecule has 0 fully saturated rings. The summed E-state index contributed by atoms with van der Waals surface area (Å²) in [5.41, 5.74) is 0.282. The number of anilines is 1. The average Bonchev–Trinajstić information content (AvgIpc) is 2.15. The van der Waals surface area contributed by atoms with Gasteiger partial charge in [-0.1, -0.05) is 0 Å². The summed E-state index contributed by atoms with van der Waals surface area (Å²) in [5, 5.41) is 21.7. The van der Waals surface area contributed by atoms with E-state index in [9.17, 15) is 10.1 Å². The lowest BCUT2D eigenvalue weighted by Crippen LogP contribution is -2.07. The summed E-state index contributed by atoms with van der Waals surface area (Å²) in [4.78, 5) is 13.6. The molecule has 1 aromatic rings. The van der Waals surface area contributed by atoms with E-state index in [1.165, 1.54) is 18.5 Å². The van der Waals surface area contributed by atoms with Crippen LogP contribution in [0.2, 0.25) is 0 Å². The van der Waals surface area contributed by atoms with Crippen LogP contribution >= 0.6 is 0 Å². The second-order valence-electron chi connectivity index (χ2n) is 2.30. The number of hydrogen-bond donors (Lipinski definition) is 2. The molecule has 0 radical (unpaired) electrons. The Morgan fingerprint density at radius 3 is 3.08 bits per heavy atom. The highest BCUT2D eigenvalue weighted by Crippen LogP contribution is 2.21. The zero-order valence-corrected chi connectivity index (χ0v) is 6.80. The lowest BCUT2D eigenvalue weighted by Gasteiger charge is -2.03. The van der Waals surface area contributed by atoms with Crippen LogP contribution in [0.1, 0.15) is 0 Å². The Labute approximate surface area is 74.4 Å². The molecule has 0 aliphatic carbocycles. The quantitative estimate of drug-likeness (QED) is 0.520. The lowest BCUT2D eigenvalue weighted by atomic mass is 10.3. The minimum absolute atomic E-state index is 0.0700. The summed E-state index contributed by atoms with van der Waals surface area (Å²) < 4.78 is 0. The number of nitrogens with one attached hydrogen (secondary N) is 1. The fourth-order valence-electron chi connectivity index (χ4n) is 0.872. The number of nitro groups is 1. The molecule has 13 heavy (non-hydrogen) atoms. The van der Waals surface area contributed by atoms with E-state index in [0.29, 0.717) is 5.69 Å². The predicted molar refractivity (Wildman–Crippen MR) is 46.5 cm³/mol. The first-order chi connectivity index (χ1) is 6.25. The molecule has 1 heterocycles. The molecule has 0 aliphatic rings. The number of rotatable bonds is 4. The Morgan fingerprint density at radius 1 is 1.69 bits per heavy atom. The van der Waals surface area contributed by atoms with Crippen LogP contribution in [-0.2, 0) is 0 Å². The second-order valence-corrected chi connectivity index (χ2v) is 2.30. The normalized spacial score (nSPS) is 9.62. The highest BCUT2D eigenvalue weighted by molar-refractivity contribution is 5.59. The van der Waals surface area contributed by atoms with Gasteiger partial charge in [0.1, 0.15) is 11.9 Å². The molecule has 0 aromatic carbocycles. The summed E-state index contributed by atoms with van der Waals surface area (Å²) in [5.74, 6) is 0. The van der Waals surface area contributed by atoms with Crippen molar-refractivity contribution < 1.29 is 10.0 Å². The Bertz CT molecular complexity index is 303. The van der Waals surface area contributed by atoms with Crippen LogP contribution in [0.3, 0.4) is 0 Å². The molecule has 0 aliphatic heterocycles. The Hall–Kier alpha value is -1.69. The summed E-state index contributed by atoms with van der Waals surface area (Å²) in [6.45, 7) is 0.213. The molecule has 0 saturated heterocycles. The van der Waals surface area contributed by atoms with E-state index in [1.54, 1.807) is 0 Å². The van der Waals surface area contributed by atoms with E-state index >= 15 is 0 Å². The maximum Gasteiger partial charge on any atom is 0.310 e. The fraction of sp³-hybridized carbons (Fsp3) is 0.286. The zero-order valence-electron chi connectivity index (χ0n) is 6.80. The number of aliphatic hydroxyl groups is 1. The third-order valence-electron chi connectivity index (χ3n) is 1.42. The van der Waals surface area contributed by atoms with Gasteiger partial charge in [-0.15, -0.1) is 0 Å². The van der Waals surface area contributed by atoms with Crippen molar-refractivity contribution >= 4 is 11.4 Å². The fourth-order valence-corrected chi connectivity index (χ4v) is 0.872. The number of nitrogens with zero attached hydrogens (tertiary/aromatic N) is 2. The van der Waals surface area contributed by atoms with Crippen LogP contribution < -0.4 is 5.32 Å². The smallest absolute Gasteiger partial charge is 0.310 e. The van der Waals surface area contributed by atoms with Crippen LogP contribution in [0, 0.1) is 10.1 Å². The van der Waals surface area contributed by atoms with Crippen molar-refractivity contribution in [1.29, 1.82) is 0 Å². The third kappa shape index (κ3) is 2.38. The summed E-state index contributed by atoms with van der Waals surface area (Å²) in [7, 11) is 0. The van der Waals surface area contributed by atoms with Crippen molar-refractivity contribution in [3.05, 3.63) is 28.6 Å². The number of pyridine rings is 1. The van der Waals surface area contributed by atoms with Crippen LogP contribution in [0.4, 0.5) is 11.4 Å². The zero-order chi connectivity index (χ0) is 9.68. The Morgan fingerprint density at radius 2 is 2.46 bits per heavy atom. The van der Waals surface area contributed by atoms with Crippen molar-refractivity contribution in [2.75, 3.05) is 18.5 Å². The van der Waals surface area contributed by atoms with Crippen molar-refractivity contribution in [3.63, 3.8) is 0 Å². The Balaban J connectivity index is 2.84. The van der Waals surface area contributed by atoms with Crippen molar-refractivity contribution in [3.8, 4) is 0 Å². The van der Waals surface area contributed by atoms with E-state index in [4.69, 9.17) is 5.11 Å². The first kappa shape index (κ1) is 9.40. The van der Waals surface area contributed by atoms with Gasteiger partial charge >= 0.3 is 5.69 Å². The second kappa shape index (κ2) is 4.36. The molecule has 70 valence electrons. The molecule has 0 unspecified atom stereocenters. The van der Waals surface area contributed by atoms with Crippen LogP contribution in [-0.4, -0.2) is 28.2 Å². The van der Waals surface area contributed by atoms with Crippen molar-refractivity contribution in [2.45, 2.75) is 0 Å². The van der Waals surface area contributed by atoms with E-state index in [1.807, 2.05) is 0 Å². The van der Waals surface area contributed by atoms with E-state index in [-0.39, 0.29) is 18.8 Å². The van der Waals surface area contributed by atoms with Gasteiger partial charge in [0.05, 0.1) is 11.5 Å². The molecule has 1 rings (SSSR count). The lowest BCUT2D eigenvalue weighted by molar-refractivity contribution is -0.384. The van der Waals surface area contributed by atoms with Gasteiger partial charge in [-0.05, 0) is 6.07 Å². The molecule has 6 nitrogen and oxygen atoms in total. The van der Waals surface area contributed by atoms with Gasteiger partial charge in [0.25, 0.3) is 0 Å². The first-order valence-electron chi connectivity index (χ1n) is 3.69. The highest BCUT2D eigenvalue weighted by Gasteiger charge is 2.11. The molecule has 0 saturated carbocycles. The molecule has 0 amide bonds. The Kier molecular flexibility index (Phi) is 3.15. The van der Waals surface area contributed by atoms with Crippen LogP contribution in [0.5, 0.6) is 0 Å². The van der Waals surface area contributed by atoms with E-state index < -0.39 is 4.92 Å². The SMILES string of the molecule is O=[N+]([O-])c1cnccc1NCCO. The average molecular weight is 183 g/mol. The van der Waals surface area contributed by atoms with Crippen molar-refractivity contribution in [1.82, 2.24) is 4.98 Å². The minimum atomic E-state index is -0.521. The summed E-state index contributed by atoms with van der Waals surface area (Å²) in [6.07, 6.45) is 2.62.